The van der Waals surface area contributed by atoms with Gasteiger partial charge in [-0.05, 0) is 44.6 Å². The van der Waals surface area contributed by atoms with Gasteiger partial charge in [-0.1, -0.05) is 6.92 Å². The molecule has 0 saturated carbocycles. The van der Waals surface area contributed by atoms with Crippen molar-refractivity contribution in [1.29, 1.82) is 0 Å². The standard InChI is InChI=1S/C21H33N7O3S2/c1-4-9-27-20(19-5-7-22-8-6-19)23-28(21(27)32)16-24-10-12-25(13-11-24)33(29,30)26-14-17(2)31-18(3)15-26/h5-8,17-18H,4,9-16H2,1-3H3. The molecular weight excluding hydrogens is 462 g/mol. The predicted octanol–water partition coefficient (Wildman–Crippen LogP) is 1.82. The Morgan fingerprint density at radius 1 is 1.06 bits per heavy atom. The van der Waals surface area contributed by atoms with Gasteiger partial charge in [0.05, 0.1) is 18.9 Å². The van der Waals surface area contributed by atoms with Crippen molar-refractivity contribution in [3.63, 3.8) is 0 Å². The molecule has 2 aromatic heterocycles. The predicted molar refractivity (Wildman–Crippen MR) is 128 cm³/mol. The van der Waals surface area contributed by atoms with Crippen LogP contribution in [-0.2, 0) is 28.2 Å². The minimum Gasteiger partial charge on any atom is -0.373 e. The van der Waals surface area contributed by atoms with Gasteiger partial charge in [0.2, 0.25) is 0 Å². The second-order valence-corrected chi connectivity index (χ2v) is 11.0. The van der Waals surface area contributed by atoms with Crippen LogP contribution in [0.2, 0.25) is 0 Å². The molecule has 12 heteroatoms. The molecule has 0 bridgehead atoms. The second-order valence-electron chi connectivity index (χ2n) is 8.73. The lowest BCUT2D eigenvalue weighted by Crippen LogP contribution is -2.57. The average Bonchev–Trinajstić information content (AvgIpc) is 3.10. The van der Waals surface area contributed by atoms with Gasteiger partial charge in [0.1, 0.15) is 0 Å². The van der Waals surface area contributed by atoms with Crippen molar-refractivity contribution in [2.24, 2.45) is 0 Å². The number of rotatable bonds is 7. The summed E-state index contributed by atoms with van der Waals surface area (Å²) in [6, 6.07) is 3.87. The van der Waals surface area contributed by atoms with Gasteiger partial charge in [-0.25, -0.2) is 4.68 Å². The molecule has 2 atom stereocenters. The van der Waals surface area contributed by atoms with E-state index in [1.54, 1.807) is 21.0 Å². The molecule has 0 radical (unpaired) electrons. The quantitative estimate of drug-likeness (QED) is 0.542. The molecule has 4 heterocycles. The second kappa shape index (κ2) is 10.3. The number of piperazine rings is 1. The summed E-state index contributed by atoms with van der Waals surface area (Å²) in [6.07, 6.45) is 4.26. The van der Waals surface area contributed by atoms with Gasteiger partial charge >= 0.3 is 0 Å². The lowest BCUT2D eigenvalue weighted by molar-refractivity contribution is -0.0458. The van der Waals surface area contributed by atoms with Crippen LogP contribution in [0.3, 0.4) is 0 Å². The van der Waals surface area contributed by atoms with Crippen LogP contribution in [0.4, 0.5) is 0 Å². The Morgan fingerprint density at radius 2 is 1.70 bits per heavy atom. The van der Waals surface area contributed by atoms with Gasteiger partial charge in [0.25, 0.3) is 10.2 Å². The number of pyridine rings is 1. The molecule has 33 heavy (non-hydrogen) atoms. The summed E-state index contributed by atoms with van der Waals surface area (Å²) in [6.45, 7) is 10.2. The highest BCUT2D eigenvalue weighted by Gasteiger charge is 2.36. The van der Waals surface area contributed by atoms with Crippen molar-refractivity contribution < 1.29 is 13.2 Å². The van der Waals surface area contributed by atoms with Gasteiger partial charge in [-0.2, -0.15) is 22.1 Å². The van der Waals surface area contributed by atoms with E-state index in [4.69, 9.17) is 22.1 Å². The first-order valence-electron chi connectivity index (χ1n) is 11.5. The van der Waals surface area contributed by atoms with Crippen molar-refractivity contribution >= 4 is 22.4 Å². The van der Waals surface area contributed by atoms with E-state index in [0.29, 0.717) is 50.7 Å². The Balaban J connectivity index is 1.44. The molecule has 0 amide bonds. The molecule has 0 aromatic carbocycles. The molecule has 10 nitrogen and oxygen atoms in total. The number of morpholine rings is 1. The van der Waals surface area contributed by atoms with Crippen LogP contribution in [0.1, 0.15) is 27.2 Å². The molecule has 4 rings (SSSR count). The van der Waals surface area contributed by atoms with Crippen LogP contribution in [0.15, 0.2) is 24.5 Å². The minimum absolute atomic E-state index is 0.0977. The third kappa shape index (κ3) is 5.36. The van der Waals surface area contributed by atoms with Crippen molar-refractivity contribution in [3.8, 4) is 11.4 Å². The fourth-order valence-electron chi connectivity index (χ4n) is 4.45. The smallest absolute Gasteiger partial charge is 0.282 e. The first-order chi connectivity index (χ1) is 15.8. The fraction of sp³-hybridized carbons (Fsp3) is 0.667. The molecule has 2 aromatic rings. The summed E-state index contributed by atoms with van der Waals surface area (Å²) < 4.78 is 39.8. The van der Waals surface area contributed by atoms with E-state index in [0.717, 1.165) is 24.4 Å². The molecule has 2 aliphatic rings. The number of hydrogen-bond donors (Lipinski definition) is 0. The molecule has 0 N–H and O–H groups in total. The SMILES string of the molecule is CCCn1c(-c2ccncc2)nn(CN2CCN(S(=O)(=O)N3CC(C)OC(C)C3)CC2)c1=S. The number of aromatic nitrogens is 4. The Morgan fingerprint density at radius 3 is 2.30 bits per heavy atom. The van der Waals surface area contributed by atoms with Crippen molar-refractivity contribution in [2.45, 2.75) is 52.6 Å². The Labute approximate surface area is 200 Å². The topological polar surface area (TPSA) is 88.7 Å². The first-order valence-corrected chi connectivity index (χ1v) is 13.3. The molecular formula is C21H33N7O3S2. The summed E-state index contributed by atoms with van der Waals surface area (Å²) in [5.74, 6) is 0.834. The minimum atomic E-state index is -3.49. The van der Waals surface area contributed by atoms with E-state index in [2.05, 4.69) is 21.4 Å². The monoisotopic (exact) mass is 495 g/mol. The lowest BCUT2D eigenvalue weighted by atomic mass is 10.2. The Hall–Kier alpha value is -1.70. The highest BCUT2D eigenvalue weighted by atomic mass is 32.2. The van der Waals surface area contributed by atoms with Crippen LogP contribution in [0.25, 0.3) is 11.4 Å². The average molecular weight is 496 g/mol. The summed E-state index contributed by atoms with van der Waals surface area (Å²) in [7, 11) is -3.49. The van der Waals surface area contributed by atoms with Crippen LogP contribution < -0.4 is 0 Å². The van der Waals surface area contributed by atoms with E-state index in [1.807, 2.05) is 30.7 Å². The molecule has 2 saturated heterocycles. The van der Waals surface area contributed by atoms with Crippen LogP contribution in [0, 0.1) is 4.77 Å². The fourth-order valence-corrected chi connectivity index (χ4v) is 6.47. The van der Waals surface area contributed by atoms with Crippen LogP contribution >= 0.6 is 12.2 Å². The van der Waals surface area contributed by atoms with Crippen molar-refractivity contribution in [3.05, 3.63) is 29.3 Å². The van der Waals surface area contributed by atoms with E-state index in [1.165, 1.54) is 0 Å². The molecule has 2 fully saturated rings. The normalized spacial score (nSPS) is 23.7. The maximum absolute atomic E-state index is 13.2. The van der Waals surface area contributed by atoms with E-state index >= 15 is 0 Å². The largest absolute Gasteiger partial charge is 0.373 e. The maximum atomic E-state index is 13.2. The molecule has 2 unspecified atom stereocenters. The maximum Gasteiger partial charge on any atom is 0.282 e. The zero-order valence-electron chi connectivity index (χ0n) is 19.5. The van der Waals surface area contributed by atoms with Crippen LogP contribution in [0.5, 0.6) is 0 Å². The Kier molecular flexibility index (Phi) is 7.61. The van der Waals surface area contributed by atoms with Crippen molar-refractivity contribution in [1.82, 2.24) is 32.8 Å². The highest BCUT2D eigenvalue weighted by Crippen LogP contribution is 2.21. The van der Waals surface area contributed by atoms with E-state index in [-0.39, 0.29) is 12.2 Å². The summed E-state index contributed by atoms with van der Waals surface area (Å²) in [4.78, 5) is 6.30. The van der Waals surface area contributed by atoms with E-state index < -0.39 is 10.2 Å². The van der Waals surface area contributed by atoms with Gasteiger partial charge in [-0.3, -0.25) is 14.5 Å². The third-order valence-electron chi connectivity index (χ3n) is 6.01. The zero-order chi connectivity index (χ0) is 23.6. The number of hydrogen-bond acceptors (Lipinski definition) is 7. The molecule has 0 aliphatic carbocycles. The van der Waals surface area contributed by atoms with Gasteiger partial charge in [-0.15, -0.1) is 0 Å². The molecule has 182 valence electrons. The number of nitrogens with zero attached hydrogens (tertiary/aromatic N) is 7. The first kappa shape index (κ1) is 24.4. The number of ether oxygens (including phenoxy) is 1. The summed E-state index contributed by atoms with van der Waals surface area (Å²) >= 11 is 5.73. The zero-order valence-corrected chi connectivity index (χ0v) is 21.1. The highest BCUT2D eigenvalue weighted by molar-refractivity contribution is 7.86. The summed E-state index contributed by atoms with van der Waals surface area (Å²) in [5, 5.41) is 4.80. The van der Waals surface area contributed by atoms with Crippen molar-refractivity contribution in [2.75, 3.05) is 39.3 Å². The van der Waals surface area contributed by atoms with Gasteiger partial charge in [0.15, 0.2) is 10.6 Å². The molecule has 0 spiro atoms. The van der Waals surface area contributed by atoms with Gasteiger partial charge < -0.3 is 4.74 Å². The molecule has 2 aliphatic heterocycles. The van der Waals surface area contributed by atoms with Crippen LogP contribution in [-0.4, -0.2) is 92.7 Å². The lowest BCUT2D eigenvalue weighted by Gasteiger charge is -2.40. The van der Waals surface area contributed by atoms with Gasteiger partial charge in [0, 0.05) is 63.8 Å². The summed E-state index contributed by atoms with van der Waals surface area (Å²) in [5.41, 5.74) is 0.980. The third-order valence-corrected chi connectivity index (χ3v) is 8.41. The van der Waals surface area contributed by atoms with E-state index in [9.17, 15) is 8.42 Å². The Bertz CT molecular complexity index is 1080.